The second-order valence-electron chi connectivity index (χ2n) is 9.44. The molecule has 0 aromatic heterocycles. The molecule has 2 aliphatic rings. The number of amidine groups is 1. The van der Waals surface area contributed by atoms with Crippen molar-refractivity contribution in [2.45, 2.75) is 32.5 Å². The van der Waals surface area contributed by atoms with Crippen LogP contribution in [0.25, 0.3) is 0 Å². The quantitative estimate of drug-likeness (QED) is 0.519. The molecular weight excluding hydrogens is 450 g/mol. The zero-order valence-corrected chi connectivity index (χ0v) is 20.6. The molecule has 5 rings (SSSR count). The van der Waals surface area contributed by atoms with Crippen LogP contribution in [0, 0.1) is 0 Å². The number of aliphatic imine (C=N–C) groups is 1. The van der Waals surface area contributed by atoms with Crippen LogP contribution in [0.2, 0.25) is 0 Å². The minimum absolute atomic E-state index is 0.118. The van der Waals surface area contributed by atoms with E-state index in [-0.39, 0.29) is 17.9 Å². The molecule has 0 aliphatic carbocycles. The van der Waals surface area contributed by atoms with Gasteiger partial charge in [0.2, 0.25) is 0 Å². The van der Waals surface area contributed by atoms with Crippen molar-refractivity contribution < 1.29 is 9.59 Å². The Morgan fingerprint density at radius 2 is 1.75 bits per heavy atom. The van der Waals surface area contributed by atoms with Gasteiger partial charge in [0, 0.05) is 48.1 Å². The third-order valence-corrected chi connectivity index (χ3v) is 6.78. The average molecular weight is 482 g/mol. The molecule has 184 valence electrons. The summed E-state index contributed by atoms with van der Waals surface area (Å²) in [5.74, 6) is 0.125. The highest BCUT2D eigenvalue weighted by atomic mass is 16.2. The van der Waals surface area contributed by atoms with Gasteiger partial charge in [0.1, 0.15) is 5.84 Å². The average Bonchev–Trinajstić information content (AvgIpc) is 3.31. The predicted molar refractivity (Wildman–Crippen MR) is 143 cm³/mol. The van der Waals surface area contributed by atoms with Crippen LogP contribution in [-0.2, 0) is 6.54 Å². The normalized spacial score (nSPS) is 17.7. The Morgan fingerprint density at radius 3 is 2.50 bits per heavy atom. The maximum Gasteiger partial charge on any atom is 0.256 e. The van der Waals surface area contributed by atoms with Crippen molar-refractivity contribution in [3.05, 3.63) is 101 Å². The summed E-state index contributed by atoms with van der Waals surface area (Å²) in [6.07, 6.45) is 0. The van der Waals surface area contributed by atoms with Gasteiger partial charge in [-0.1, -0.05) is 36.4 Å². The van der Waals surface area contributed by atoms with Gasteiger partial charge in [-0.3, -0.25) is 14.6 Å². The van der Waals surface area contributed by atoms with Crippen LogP contribution < -0.4 is 20.9 Å². The number of rotatable bonds is 5. The van der Waals surface area contributed by atoms with Gasteiger partial charge < -0.3 is 20.9 Å². The van der Waals surface area contributed by atoms with E-state index in [9.17, 15) is 9.59 Å². The minimum Gasteiger partial charge on any atom is -0.369 e. The molecule has 2 atom stereocenters. The third kappa shape index (κ3) is 5.16. The number of hydrogen-bond donors (Lipinski definition) is 3. The minimum atomic E-state index is -0.214. The van der Waals surface area contributed by atoms with Crippen molar-refractivity contribution in [2.75, 3.05) is 24.5 Å². The summed E-state index contributed by atoms with van der Waals surface area (Å²) in [6.45, 7) is 7.46. The predicted octanol–water partition coefficient (Wildman–Crippen LogP) is 3.67. The summed E-state index contributed by atoms with van der Waals surface area (Å²) < 4.78 is 0. The van der Waals surface area contributed by atoms with Gasteiger partial charge >= 0.3 is 0 Å². The van der Waals surface area contributed by atoms with Crippen LogP contribution in [0.4, 0.5) is 5.69 Å². The first-order chi connectivity index (χ1) is 17.5. The van der Waals surface area contributed by atoms with Crippen LogP contribution in [-0.4, -0.2) is 43.3 Å². The van der Waals surface area contributed by atoms with E-state index in [1.54, 1.807) is 0 Å². The summed E-state index contributed by atoms with van der Waals surface area (Å²) in [5, 5.41) is 9.44. The van der Waals surface area contributed by atoms with Gasteiger partial charge in [-0.2, -0.15) is 0 Å². The lowest BCUT2D eigenvalue weighted by Gasteiger charge is -2.33. The molecule has 3 aromatic carbocycles. The molecule has 2 aliphatic heterocycles. The van der Waals surface area contributed by atoms with E-state index in [0.717, 1.165) is 42.0 Å². The smallest absolute Gasteiger partial charge is 0.256 e. The van der Waals surface area contributed by atoms with E-state index in [4.69, 9.17) is 0 Å². The van der Waals surface area contributed by atoms with Gasteiger partial charge in [0.15, 0.2) is 0 Å². The first kappa shape index (κ1) is 23.8. The van der Waals surface area contributed by atoms with E-state index < -0.39 is 0 Å². The molecule has 7 heteroatoms. The van der Waals surface area contributed by atoms with Crippen molar-refractivity contribution in [3.63, 3.8) is 0 Å². The number of nitrogens with one attached hydrogen (secondary N) is 3. The molecule has 7 nitrogen and oxygen atoms in total. The van der Waals surface area contributed by atoms with Crippen LogP contribution in [0.3, 0.4) is 0 Å². The Morgan fingerprint density at radius 1 is 1.00 bits per heavy atom. The lowest BCUT2D eigenvalue weighted by molar-refractivity contribution is 0.0938. The number of nitrogens with zero attached hydrogens (tertiary/aromatic N) is 2. The van der Waals surface area contributed by atoms with Gasteiger partial charge in [0.25, 0.3) is 11.8 Å². The SMILES string of the molecule is CC(NC(=O)c1ccc2c(c1)C(NC(=O)c1ccc(N3CCN[C@H](C)C3)cc1)=NC2)c1ccccc1. The largest absolute Gasteiger partial charge is 0.369 e. The van der Waals surface area contributed by atoms with Gasteiger partial charge in [0.05, 0.1) is 12.6 Å². The molecule has 0 spiro atoms. The highest BCUT2D eigenvalue weighted by Gasteiger charge is 2.22. The molecule has 0 radical (unpaired) electrons. The van der Waals surface area contributed by atoms with E-state index in [0.29, 0.717) is 29.5 Å². The van der Waals surface area contributed by atoms with Gasteiger partial charge in [-0.05, 0) is 61.4 Å². The van der Waals surface area contributed by atoms with E-state index >= 15 is 0 Å². The number of fused-ring (bicyclic) bond motifs is 1. The number of amides is 2. The molecule has 2 heterocycles. The maximum absolute atomic E-state index is 13.0. The molecule has 3 N–H and O–H groups in total. The lowest BCUT2D eigenvalue weighted by atomic mass is 10.0. The standard InChI is InChI=1S/C29H31N5O2/c1-19-18-34(15-14-30-19)25-12-10-22(11-13-25)28(35)33-27-26-16-23(8-9-24(26)17-31-27)29(36)32-20(2)21-6-4-3-5-7-21/h3-13,16,19-20,30H,14-15,17-18H2,1-2H3,(H,32,36)(H,31,33,35)/t19-,20?/m1/s1. The molecule has 1 saturated heterocycles. The number of benzene rings is 3. The fourth-order valence-electron chi connectivity index (χ4n) is 4.71. The molecule has 2 amide bonds. The third-order valence-electron chi connectivity index (χ3n) is 6.78. The Balaban J connectivity index is 1.25. The van der Waals surface area contributed by atoms with Crippen LogP contribution >= 0.6 is 0 Å². The fourth-order valence-corrected chi connectivity index (χ4v) is 4.71. The van der Waals surface area contributed by atoms with Gasteiger partial charge in [-0.15, -0.1) is 0 Å². The van der Waals surface area contributed by atoms with E-state index in [1.165, 1.54) is 0 Å². The van der Waals surface area contributed by atoms with Gasteiger partial charge in [-0.25, -0.2) is 0 Å². The second-order valence-corrected chi connectivity index (χ2v) is 9.44. The number of hydrogen-bond acceptors (Lipinski definition) is 5. The summed E-state index contributed by atoms with van der Waals surface area (Å²) in [6, 6.07) is 23.4. The zero-order valence-electron chi connectivity index (χ0n) is 20.6. The van der Waals surface area contributed by atoms with E-state index in [1.807, 2.05) is 79.7 Å². The number of anilines is 1. The topological polar surface area (TPSA) is 85.8 Å². The second kappa shape index (κ2) is 10.3. The monoisotopic (exact) mass is 481 g/mol. The molecule has 0 saturated carbocycles. The summed E-state index contributed by atoms with van der Waals surface area (Å²) in [5.41, 5.74) is 5.04. The molecule has 0 bridgehead atoms. The molecule has 36 heavy (non-hydrogen) atoms. The molecule has 3 aromatic rings. The lowest BCUT2D eigenvalue weighted by Crippen LogP contribution is -2.49. The Labute approximate surface area is 211 Å². The van der Waals surface area contributed by atoms with Crippen molar-refractivity contribution in [1.29, 1.82) is 0 Å². The highest BCUT2D eigenvalue weighted by Crippen LogP contribution is 2.22. The van der Waals surface area contributed by atoms with Crippen LogP contribution in [0.1, 0.15) is 57.3 Å². The Hall–Kier alpha value is -3.97. The number of carbonyl (C=O) groups excluding carboxylic acids is 2. The fraction of sp³-hybridized carbons (Fsp3) is 0.276. The molecular formula is C29H31N5O2. The number of piperazine rings is 1. The van der Waals surface area contributed by atoms with Crippen molar-refractivity contribution in [2.24, 2.45) is 4.99 Å². The van der Waals surface area contributed by atoms with Crippen molar-refractivity contribution in [3.8, 4) is 0 Å². The Bertz CT molecular complexity index is 1290. The molecule has 1 unspecified atom stereocenters. The van der Waals surface area contributed by atoms with Crippen LogP contribution in [0.5, 0.6) is 0 Å². The van der Waals surface area contributed by atoms with Crippen molar-refractivity contribution >= 4 is 23.3 Å². The Kier molecular flexibility index (Phi) is 6.82. The summed E-state index contributed by atoms with van der Waals surface area (Å²) in [7, 11) is 0. The van der Waals surface area contributed by atoms with Crippen LogP contribution in [0.15, 0.2) is 77.8 Å². The number of carbonyl (C=O) groups is 2. The highest BCUT2D eigenvalue weighted by molar-refractivity contribution is 6.15. The first-order valence-corrected chi connectivity index (χ1v) is 12.4. The van der Waals surface area contributed by atoms with Crippen molar-refractivity contribution in [1.82, 2.24) is 16.0 Å². The summed E-state index contributed by atoms with van der Waals surface area (Å²) >= 11 is 0. The first-order valence-electron chi connectivity index (χ1n) is 12.4. The molecule has 1 fully saturated rings. The van der Waals surface area contributed by atoms with E-state index in [2.05, 4.69) is 32.8 Å². The zero-order chi connectivity index (χ0) is 25.1. The maximum atomic E-state index is 13.0. The summed E-state index contributed by atoms with van der Waals surface area (Å²) in [4.78, 5) is 32.7.